The van der Waals surface area contributed by atoms with E-state index in [1.165, 1.54) is 43.0 Å². The molecule has 120 valence electrons. The van der Waals surface area contributed by atoms with Crippen LogP contribution in [0.3, 0.4) is 0 Å². The van der Waals surface area contributed by atoms with Gasteiger partial charge in [0.05, 0.1) is 24.2 Å². The van der Waals surface area contributed by atoms with Crippen molar-refractivity contribution >= 4 is 33.9 Å². The second-order valence-corrected chi connectivity index (χ2v) is 9.21. The molecule has 0 amide bonds. The van der Waals surface area contributed by atoms with Crippen LogP contribution in [0.25, 0.3) is 0 Å². The lowest BCUT2D eigenvalue weighted by molar-refractivity contribution is 0.280. The lowest BCUT2D eigenvalue weighted by atomic mass is 9.82. The summed E-state index contributed by atoms with van der Waals surface area (Å²) in [6.07, 6.45) is 6.63. The predicted molar refractivity (Wildman–Crippen MR) is 97.6 cm³/mol. The van der Waals surface area contributed by atoms with Crippen LogP contribution in [0.4, 0.5) is 0 Å². The maximum atomic E-state index is 5.09. The molecule has 0 aromatic carbocycles. The fraction of sp³-hybridized carbons (Fsp3) is 0.750. The Morgan fingerprint density at radius 2 is 2.14 bits per heavy atom. The van der Waals surface area contributed by atoms with Gasteiger partial charge >= 0.3 is 0 Å². The molecule has 0 saturated heterocycles. The average Bonchev–Trinajstić information content (AvgIpc) is 3.11. The van der Waals surface area contributed by atoms with Crippen molar-refractivity contribution in [3.05, 3.63) is 11.1 Å². The molecule has 1 aliphatic carbocycles. The third-order valence-corrected chi connectivity index (χ3v) is 6.72. The zero-order chi connectivity index (χ0) is 15.2. The van der Waals surface area contributed by atoms with E-state index in [1.807, 2.05) is 23.5 Å². The van der Waals surface area contributed by atoms with E-state index in [-0.39, 0.29) is 11.1 Å². The first kappa shape index (κ1) is 14.9. The number of amidine groups is 2. The van der Waals surface area contributed by atoms with Crippen LogP contribution in [0.5, 0.6) is 0 Å². The fourth-order valence-electron chi connectivity index (χ4n) is 3.61. The molecule has 3 aliphatic heterocycles. The Morgan fingerprint density at radius 1 is 1.32 bits per heavy atom. The van der Waals surface area contributed by atoms with Gasteiger partial charge < -0.3 is 10.2 Å². The summed E-state index contributed by atoms with van der Waals surface area (Å²) in [6, 6.07) is 0. The number of nitrogens with one attached hydrogen (secondary N) is 1. The van der Waals surface area contributed by atoms with Gasteiger partial charge in [0, 0.05) is 11.4 Å². The van der Waals surface area contributed by atoms with Gasteiger partial charge in [-0.3, -0.25) is 9.98 Å². The largest absolute Gasteiger partial charge is 0.358 e. The Hall–Kier alpha value is -0.620. The molecule has 1 saturated carbocycles. The minimum Gasteiger partial charge on any atom is -0.358 e. The molecule has 0 unspecified atom stereocenters. The van der Waals surface area contributed by atoms with E-state index in [9.17, 15) is 0 Å². The minimum absolute atomic E-state index is 0.119. The monoisotopic (exact) mass is 336 g/mol. The molecule has 4 nitrogen and oxygen atoms in total. The van der Waals surface area contributed by atoms with Gasteiger partial charge in [-0.1, -0.05) is 42.8 Å². The zero-order valence-corrected chi connectivity index (χ0v) is 15.0. The predicted octanol–water partition coefficient (Wildman–Crippen LogP) is 3.42. The summed E-state index contributed by atoms with van der Waals surface area (Å²) in [5.41, 5.74) is 1.76. The normalized spacial score (nSPS) is 28.3. The average molecular weight is 337 g/mol. The summed E-state index contributed by atoms with van der Waals surface area (Å²) in [7, 11) is 0. The number of hydrogen-bond donors (Lipinski definition) is 1. The summed E-state index contributed by atoms with van der Waals surface area (Å²) >= 11 is 3.64. The molecular formula is C16H24N4S2. The molecule has 3 heterocycles. The van der Waals surface area contributed by atoms with Crippen molar-refractivity contribution in [2.45, 2.75) is 57.0 Å². The highest BCUT2D eigenvalue weighted by Crippen LogP contribution is 2.43. The van der Waals surface area contributed by atoms with Crippen LogP contribution in [-0.4, -0.2) is 45.2 Å². The molecule has 4 aliphatic rings. The van der Waals surface area contributed by atoms with Crippen LogP contribution in [0.1, 0.15) is 46.0 Å². The van der Waals surface area contributed by atoms with Crippen molar-refractivity contribution in [3.8, 4) is 0 Å². The van der Waals surface area contributed by atoms with Gasteiger partial charge in [0.25, 0.3) is 0 Å². The molecule has 0 aromatic heterocycles. The summed E-state index contributed by atoms with van der Waals surface area (Å²) in [5, 5.41) is 8.11. The first-order valence-corrected chi connectivity index (χ1v) is 10.1. The van der Waals surface area contributed by atoms with Crippen molar-refractivity contribution in [3.63, 3.8) is 0 Å². The van der Waals surface area contributed by atoms with Gasteiger partial charge in [-0.2, -0.15) is 0 Å². The number of fused-ring (bicyclic) bond motifs is 1. The third-order valence-electron chi connectivity index (χ3n) is 4.87. The molecular weight excluding hydrogens is 312 g/mol. The Balaban J connectivity index is 1.36. The molecule has 1 N–H and O–H groups in total. The van der Waals surface area contributed by atoms with Crippen LogP contribution in [-0.2, 0) is 0 Å². The summed E-state index contributed by atoms with van der Waals surface area (Å²) in [6.45, 7) is 6.38. The molecule has 0 bridgehead atoms. The Labute approximate surface area is 141 Å². The molecule has 1 fully saturated rings. The van der Waals surface area contributed by atoms with Crippen molar-refractivity contribution < 1.29 is 0 Å². The van der Waals surface area contributed by atoms with E-state index < -0.39 is 0 Å². The fourth-order valence-corrected chi connectivity index (χ4v) is 5.75. The second-order valence-electron chi connectivity index (χ2n) is 7.41. The molecule has 6 heteroatoms. The van der Waals surface area contributed by atoms with Crippen LogP contribution >= 0.6 is 23.5 Å². The topological polar surface area (TPSA) is 40.0 Å². The Kier molecular flexibility index (Phi) is 3.72. The van der Waals surface area contributed by atoms with Gasteiger partial charge in [-0.05, 0) is 32.1 Å². The minimum atomic E-state index is 0.119. The SMILES string of the molecule is CC1(C)CN=C(SCC2=CSC3=NC4(CCCCC4)CN23)N1. The molecule has 22 heavy (non-hydrogen) atoms. The van der Waals surface area contributed by atoms with E-state index in [4.69, 9.17) is 4.99 Å². The van der Waals surface area contributed by atoms with Gasteiger partial charge in [0.15, 0.2) is 10.3 Å². The van der Waals surface area contributed by atoms with Crippen molar-refractivity contribution in [2.75, 3.05) is 18.8 Å². The van der Waals surface area contributed by atoms with Crippen molar-refractivity contribution in [1.29, 1.82) is 0 Å². The lowest BCUT2D eigenvalue weighted by Gasteiger charge is -2.31. The van der Waals surface area contributed by atoms with Gasteiger partial charge in [0.2, 0.25) is 0 Å². The Morgan fingerprint density at radius 3 is 2.86 bits per heavy atom. The zero-order valence-electron chi connectivity index (χ0n) is 13.4. The van der Waals surface area contributed by atoms with E-state index >= 15 is 0 Å². The highest BCUT2D eigenvalue weighted by Gasteiger charge is 2.43. The maximum Gasteiger partial charge on any atom is 0.168 e. The van der Waals surface area contributed by atoms with Gasteiger partial charge in [0.1, 0.15) is 0 Å². The number of rotatable bonds is 2. The molecule has 4 rings (SSSR count). The number of nitrogens with zero attached hydrogens (tertiary/aromatic N) is 3. The number of aliphatic imine (C=N–C) groups is 2. The molecule has 0 atom stereocenters. The quantitative estimate of drug-likeness (QED) is 0.839. The number of thioether (sulfide) groups is 2. The summed E-state index contributed by atoms with van der Waals surface area (Å²) in [4.78, 5) is 12.2. The molecule has 1 spiro atoms. The third kappa shape index (κ3) is 2.80. The van der Waals surface area contributed by atoms with Crippen molar-refractivity contribution in [2.24, 2.45) is 9.98 Å². The van der Waals surface area contributed by atoms with E-state index in [0.29, 0.717) is 0 Å². The summed E-state index contributed by atoms with van der Waals surface area (Å²) in [5.74, 6) is 0.990. The molecule has 0 radical (unpaired) electrons. The standard InChI is InChI=1S/C16H24N4S2/c1-15(2)10-17-13(18-15)21-8-12-9-22-14-19-16(11-20(12)14)6-4-3-5-7-16/h9H,3-8,10-11H2,1-2H3,(H,17,18). The van der Waals surface area contributed by atoms with Crippen LogP contribution in [0.15, 0.2) is 21.1 Å². The van der Waals surface area contributed by atoms with Crippen LogP contribution in [0, 0.1) is 0 Å². The number of hydrogen-bond acceptors (Lipinski definition) is 6. The van der Waals surface area contributed by atoms with Crippen LogP contribution in [0.2, 0.25) is 0 Å². The van der Waals surface area contributed by atoms with E-state index in [2.05, 4.69) is 34.5 Å². The van der Waals surface area contributed by atoms with Gasteiger partial charge in [-0.15, -0.1) is 0 Å². The second kappa shape index (κ2) is 5.48. The van der Waals surface area contributed by atoms with Gasteiger partial charge in [-0.25, -0.2) is 0 Å². The highest BCUT2D eigenvalue weighted by atomic mass is 32.2. The smallest absolute Gasteiger partial charge is 0.168 e. The first-order chi connectivity index (χ1) is 10.6. The Bertz CT molecular complexity index is 558. The van der Waals surface area contributed by atoms with Crippen molar-refractivity contribution in [1.82, 2.24) is 10.2 Å². The van der Waals surface area contributed by atoms with Crippen LogP contribution < -0.4 is 5.32 Å². The van der Waals surface area contributed by atoms with E-state index in [0.717, 1.165) is 24.0 Å². The lowest BCUT2D eigenvalue weighted by Crippen LogP contribution is -2.39. The molecule has 0 aromatic rings. The highest BCUT2D eigenvalue weighted by molar-refractivity contribution is 8.17. The maximum absolute atomic E-state index is 5.09. The summed E-state index contributed by atoms with van der Waals surface area (Å²) < 4.78 is 0. The first-order valence-electron chi connectivity index (χ1n) is 8.24. The van der Waals surface area contributed by atoms with E-state index in [1.54, 1.807) is 0 Å².